The average Bonchev–Trinajstić information content (AvgIpc) is 2.93. The van der Waals surface area contributed by atoms with Crippen molar-refractivity contribution in [3.05, 3.63) is 10.0 Å². The van der Waals surface area contributed by atoms with E-state index in [1.165, 1.54) is 0 Å². The van der Waals surface area contributed by atoms with Crippen LogP contribution in [0.15, 0.2) is 0 Å². The van der Waals surface area contributed by atoms with Crippen LogP contribution in [-0.2, 0) is 11.2 Å². The van der Waals surface area contributed by atoms with Crippen LogP contribution in [0.4, 0.5) is 0 Å². The molecule has 1 aromatic heterocycles. The first-order valence-electron chi connectivity index (χ1n) is 6.70. The van der Waals surface area contributed by atoms with Crippen molar-refractivity contribution in [1.82, 2.24) is 15.5 Å². The molecule has 1 aliphatic rings. The van der Waals surface area contributed by atoms with Crippen LogP contribution in [0.5, 0.6) is 0 Å². The molecule has 1 fully saturated rings. The van der Waals surface area contributed by atoms with Gasteiger partial charge >= 0.3 is 0 Å². The summed E-state index contributed by atoms with van der Waals surface area (Å²) in [6.45, 7) is 9.29. The topological polar surface area (TPSA) is 47.0 Å². The van der Waals surface area contributed by atoms with Crippen molar-refractivity contribution < 1.29 is 4.74 Å². The van der Waals surface area contributed by atoms with Crippen LogP contribution in [0, 0.1) is 0 Å². The Labute approximate surface area is 113 Å². The van der Waals surface area contributed by atoms with E-state index in [9.17, 15) is 0 Å². The zero-order valence-corrected chi connectivity index (χ0v) is 12.3. The fourth-order valence-corrected chi connectivity index (χ4v) is 2.97. The molecule has 4 nitrogen and oxygen atoms in total. The summed E-state index contributed by atoms with van der Waals surface area (Å²) in [7, 11) is 0. The van der Waals surface area contributed by atoms with Gasteiger partial charge in [0.25, 0.3) is 0 Å². The molecule has 1 aromatic rings. The highest BCUT2D eigenvalue weighted by molar-refractivity contribution is 7.11. The number of hydrogen-bond acceptors (Lipinski definition) is 5. The second kappa shape index (κ2) is 6.08. The van der Waals surface area contributed by atoms with Gasteiger partial charge < -0.3 is 10.1 Å². The van der Waals surface area contributed by atoms with Gasteiger partial charge in [-0.05, 0) is 40.2 Å². The molecule has 0 radical (unpaired) electrons. The summed E-state index contributed by atoms with van der Waals surface area (Å²) in [5, 5.41) is 14.4. The van der Waals surface area contributed by atoms with Crippen molar-refractivity contribution in [3.8, 4) is 0 Å². The molecular weight excluding hydrogens is 246 g/mol. The van der Waals surface area contributed by atoms with Gasteiger partial charge in [-0.25, -0.2) is 0 Å². The summed E-state index contributed by atoms with van der Waals surface area (Å²) < 4.78 is 5.39. The minimum absolute atomic E-state index is 0.202. The average molecular weight is 269 g/mol. The SMILES string of the molecule is CC(C)(C)NCCCc1nnc(C2CCOC2)s1. The van der Waals surface area contributed by atoms with Gasteiger partial charge in [-0.2, -0.15) is 0 Å². The van der Waals surface area contributed by atoms with E-state index in [4.69, 9.17) is 4.74 Å². The molecule has 1 aliphatic heterocycles. The lowest BCUT2D eigenvalue weighted by Gasteiger charge is -2.20. The van der Waals surface area contributed by atoms with Crippen LogP contribution in [0.2, 0.25) is 0 Å². The molecule has 0 spiro atoms. The molecule has 2 heterocycles. The molecular formula is C13H23N3OS. The van der Waals surface area contributed by atoms with Gasteiger partial charge in [-0.1, -0.05) is 0 Å². The predicted molar refractivity (Wildman–Crippen MR) is 74.2 cm³/mol. The lowest BCUT2D eigenvalue weighted by Crippen LogP contribution is -2.36. The third-order valence-electron chi connectivity index (χ3n) is 2.98. The van der Waals surface area contributed by atoms with Crippen LogP contribution in [0.25, 0.3) is 0 Å². The first kappa shape index (κ1) is 13.9. The Balaban J connectivity index is 1.73. The van der Waals surface area contributed by atoms with Crippen LogP contribution >= 0.6 is 11.3 Å². The highest BCUT2D eigenvalue weighted by Gasteiger charge is 2.21. The van der Waals surface area contributed by atoms with E-state index in [-0.39, 0.29) is 5.54 Å². The Bertz CT molecular complexity index is 367. The maximum atomic E-state index is 5.39. The van der Waals surface area contributed by atoms with E-state index in [2.05, 4.69) is 36.3 Å². The largest absolute Gasteiger partial charge is 0.381 e. The standard InChI is InChI=1S/C13H23N3OS/c1-13(2,3)14-7-4-5-11-15-16-12(18-11)10-6-8-17-9-10/h10,14H,4-9H2,1-3H3. The van der Waals surface area contributed by atoms with Crippen molar-refractivity contribution in [2.24, 2.45) is 0 Å². The third kappa shape index (κ3) is 4.30. The Morgan fingerprint density at radius 1 is 1.39 bits per heavy atom. The third-order valence-corrected chi connectivity index (χ3v) is 4.13. The van der Waals surface area contributed by atoms with Crippen molar-refractivity contribution in [2.75, 3.05) is 19.8 Å². The molecule has 18 heavy (non-hydrogen) atoms. The minimum atomic E-state index is 0.202. The smallest absolute Gasteiger partial charge is 0.122 e. The van der Waals surface area contributed by atoms with Gasteiger partial charge in [0, 0.05) is 24.5 Å². The maximum absolute atomic E-state index is 5.39. The van der Waals surface area contributed by atoms with Gasteiger partial charge in [0.2, 0.25) is 0 Å². The number of nitrogens with one attached hydrogen (secondary N) is 1. The van der Waals surface area contributed by atoms with Crippen molar-refractivity contribution in [1.29, 1.82) is 0 Å². The van der Waals surface area contributed by atoms with E-state index in [0.717, 1.165) is 49.0 Å². The number of aryl methyl sites for hydroxylation is 1. The van der Waals surface area contributed by atoms with E-state index in [1.807, 2.05) is 0 Å². The van der Waals surface area contributed by atoms with Gasteiger partial charge in [0.05, 0.1) is 6.61 Å². The van der Waals surface area contributed by atoms with E-state index < -0.39 is 0 Å². The molecule has 2 rings (SSSR count). The summed E-state index contributed by atoms with van der Waals surface area (Å²) in [5.74, 6) is 0.490. The van der Waals surface area contributed by atoms with E-state index in [0.29, 0.717) is 5.92 Å². The monoisotopic (exact) mass is 269 g/mol. The van der Waals surface area contributed by atoms with Gasteiger partial charge in [-0.3, -0.25) is 0 Å². The Morgan fingerprint density at radius 2 is 2.22 bits per heavy atom. The maximum Gasteiger partial charge on any atom is 0.122 e. The summed E-state index contributed by atoms with van der Waals surface area (Å²) in [6.07, 6.45) is 3.24. The summed E-state index contributed by atoms with van der Waals surface area (Å²) in [4.78, 5) is 0. The lowest BCUT2D eigenvalue weighted by molar-refractivity contribution is 0.194. The second-order valence-electron chi connectivity index (χ2n) is 5.87. The fourth-order valence-electron chi connectivity index (χ4n) is 1.96. The van der Waals surface area contributed by atoms with Crippen LogP contribution in [-0.4, -0.2) is 35.5 Å². The zero-order chi connectivity index (χ0) is 13.0. The quantitative estimate of drug-likeness (QED) is 0.834. The summed E-state index contributed by atoms with van der Waals surface area (Å²) >= 11 is 1.76. The number of hydrogen-bond donors (Lipinski definition) is 1. The first-order valence-corrected chi connectivity index (χ1v) is 7.51. The Morgan fingerprint density at radius 3 is 2.89 bits per heavy atom. The molecule has 0 amide bonds. The molecule has 0 saturated carbocycles. The van der Waals surface area contributed by atoms with Gasteiger partial charge in [-0.15, -0.1) is 21.5 Å². The Hall–Kier alpha value is -0.520. The van der Waals surface area contributed by atoms with Crippen molar-refractivity contribution >= 4 is 11.3 Å². The molecule has 1 saturated heterocycles. The van der Waals surface area contributed by atoms with Crippen molar-refractivity contribution in [2.45, 2.75) is 51.5 Å². The number of ether oxygens (including phenoxy) is 1. The molecule has 102 valence electrons. The minimum Gasteiger partial charge on any atom is -0.381 e. The Kier molecular flexibility index (Phi) is 4.70. The molecule has 1 N–H and O–H groups in total. The first-order chi connectivity index (χ1) is 8.54. The van der Waals surface area contributed by atoms with Crippen LogP contribution < -0.4 is 5.32 Å². The fraction of sp³-hybridized carbons (Fsp3) is 0.846. The molecule has 0 aliphatic carbocycles. The summed E-state index contributed by atoms with van der Waals surface area (Å²) in [6, 6.07) is 0. The van der Waals surface area contributed by atoms with E-state index in [1.54, 1.807) is 11.3 Å². The molecule has 0 bridgehead atoms. The van der Waals surface area contributed by atoms with E-state index >= 15 is 0 Å². The molecule has 1 atom stereocenters. The second-order valence-corrected chi connectivity index (χ2v) is 6.97. The van der Waals surface area contributed by atoms with Gasteiger partial charge in [0.1, 0.15) is 10.0 Å². The zero-order valence-electron chi connectivity index (χ0n) is 11.5. The predicted octanol–water partition coefficient (Wildman–Crippen LogP) is 2.36. The van der Waals surface area contributed by atoms with Crippen LogP contribution in [0.1, 0.15) is 49.5 Å². The molecule has 0 aromatic carbocycles. The van der Waals surface area contributed by atoms with Crippen LogP contribution in [0.3, 0.4) is 0 Å². The molecule has 5 heteroatoms. The molecule has 1 unspecified atom stereocenters. The van der Waals surface area contributed by atoms with Crippen molar-refractivity contribution in [3.63, 3.8) is 0 Å². The summed E-state index contributed by atoms with van der Waals surface area (Å²) in [5.41, 5.74) is 0.202. The number of nitrogens with zero attached hydrogens (tertiary/aromatic N) is 2. The number of aromatic nitrogens is 2. The highest BCUT2D eigenvalue weighted by Crippen LogP contribution is 2.27. The number of rotatable bonds is 5. The lowest BCUT2D eigenvalue weighted by atomic mass is 10.1. The van der Waals surface area contributed by atoms with Gasteiger partial charge in [0.15, 0.2) is 0 Å². The highest BCUT2D eigenvalue weighted by atomic mass is 32.1. The normalized spacial score (nSPS) is 20.5.